The predicted octanol–water partition coefficient (Wildman–Crippen LogP) is -1.48. The average molecular weight is 274 g/mol. The van der Waals surface area contributed by atoms with Gasteiger partial charge in [0.2, 0.25) is 0 Å². The molecule has 1 saturated heterocycles. The van der Waals surface area contributed by atoms with Crippen molar-refractivity contribution in [3.05, 3.63) is 33.1 Å². The van der Waals surface area contributed by atoms with E-state index in [1.165, 1.54) is 35.7 Å². The Bertz CT molecular complexity index is 527. The molecule has 1 aliphatic heterocycles. The Hall–Kier alpha value is -1.09. The van der Waals surface area contributed by atoms with Crippen LogP contribution in [0.15, 0.2) is 21.9 Å². The number of methoxy groups -OCH3 is 1. The second kappa shape index (κ2) is 5.27. The van der Waals surface area contributed by atoms with Crippen LogP contribution >= 0.6 is 11.8 Å². The number of aromatic nitrogens is 2. The maximum absolute atomic E-state index is 11.7. The Morgan fingerprint density at radius 3 is 2.83 bits per heavy atom. The minimum atomic E-state index is -0.867. The van der Waals surface area contributed by atoms with E-state index < -0.39 is 34.1 Å². The summed E-state index contributed by atoms with van der Waals surface area (Å²) in [6.07, 6.45) is -0.123. The highest BCUT2D eigenvalue weighted by Gasteiger charge is 2.44. The molecule has 2 heterocycles. The number of aliphatic hydroxyl groups is 2. The van der Waals surface area contributed by atoms with Crippen LogP contribution in [0.4, 0.5) is 0 Å². The summed E-state index contributed by atoms with van der Waals surface area (Å²) in [5.74, 6) is 0. The van der Waals surface area contributed by atoms with E-state index in [-0.39, 0.29) is 6.61 Å². The zero-order valence-corrected chi connectivity index (χ0v) is 10.5. The Kier molecular flexibility index (Phi) is 3.91. The van der Waals surface area contributed by atoms with Gasteiger partial charge in [-0.25, -0.2) is 4.79 Å². The van der Waals surface area contributed by atoms with Crippen LogP contribution in [-0.4, -0.2) is 50.9 Å². The summed E-state index contributed by atoms with van der Waals surface area (Å²) < 4.78 is 6.46. The number of H-pyrrole nitrogens is 1. The van der Waals surface area contributed by atoms with E-state index in [9.17, 15) is 14.7 Å². The molecule has 1 unspecified atom stereocenters. The van der Waals surface area contributed by atoms with Crippen molar-refractivity contribution in [3.63, 3.8) is 0 Å². The van der Waals surface area contributed by atoms with Gasteiger partial charge in [0.05, 0.1) is 18.0 Å². The second-order valence-corrected chi connectivity index (χ2v) is 5.32. The number of thioether (sulfide) groups is 1. The first-order chi connectivity index (χ1) is 8.58. The van der Waals surface area contributed by atoms with Crippen LogP contribution in [-0.2, 0) is 4.74 Å². The summed E-state index contributed by atoms with van der Waals surface area (Å²) in [4.78, 5) is 24.8. The largest absolute Gasteiger partial charge is 0.395 e. The minimum absolute atomic E-state index is 0.208. The molecular formula is C10H14N2O5S. The molecule has 0 spiro atoms. The molecule has 0 saturated carbocycles. The molecule has 18 heavy (non-hydrogen) atoms. The van der Waals surface area contributed by atoms with Crippen molar-refractivity contribution in [2.75, 3.05) is 13.7 Å². The zero-order valence-electron chi connectivity index (χ0n) is 9.65. The van der Waals surface area contributed by atoms with E-state index in [0.29, 0.717) is 0 Å². The Labute approximate surface area is 106 Å². The van der Waals surface area contributed by atoms with Crippen LogP contribution in [0.3, 0.4) is 0 Å². The first-order valence-electron chi connectivity index (χ1n) is 5.37. The lowest BCUT2D eigenvalue weighted by Crippen LogP contribution is -2.38. The van der Waals surface area contributed by atoms with Crippen LogP contribution in [0, 0.1) is 0 Å². The van der Waals surface area contributed by atoms with Gasteiger partial charge in [-0.3, -0.25) is 14.3 Å². The molecule has 100 valence electrons. The lowest BCUT2D eigenvalue weighted by molar-refractivity contribution is -0.0189. The number of nitrogens with one attached hydrogen (secondary N) is 1. The van der Waals surface area contributed by atoms with E-state index in [1.54, 1.807) is 0 Å². The van der Waals surface area contributed by atoms with Gasteiger partial charge in [-0.2, -0.15) is 0 Å². The summed E-state index contributed by atoms with van der Waals surface area (Å²) in [5, 5.41) is 18.2. The van der Waals surface area contributed by atoms with Crippen molar-refractivity contribution in [2.24, 2.45) is 0 Å². The number of hydrogen-bond acceptors (Lipinski definition) is 6. The number of aliphatic hydroxyl groups excluding tert-OH is 2. The lowest BCUT2D eigenvalue weighted by Gasteiger charge is -2.21. The maximum Gasteiger partial charge on any atom is 0.329 e. The summed E-state index contributed by atoms with van der Waals surface area (Å²) in [5.41, 5.74) is -1.04. The summed E-state index contributed by atoms with van der Waals surface area (Å²) >= 11 is 1.24. The van der Waals surface area contributed by atoms with Gasteiger partial charge in [0, 0.05) is 19.4 Å². The number of ether oxygens (including phenoxy) is 1. The van der Waals surface area contributed by atoms with Crippen LogP contribution in [0.1, 0.15) is 5.37 Å². The van der Waals surface area contributed by atoms with E-state index >= 15 is 0 Å². The predicted molar refractivity (Wildman–Crippen MR) is 65.6 cm³/mol. The molecule has 4 atom stereocenters. The molecule has 2 rings (SSSR count). The van der Waals surface area contributed by atoms with Gasteiger partial charge in [-0.15, -0.1) is 11.8 Å². The molecule has 1 aromatic rings. The van der Waals surface area contributed by atoms with Gasteiger partial charge < -0.3 is 14.9 Å². The van der Waals surface area contributed by atoms with Crippen molar-refractivity contribution >= 4 is 11.8 Å². The van der Waals surface area contributed by atoms with Gasteiger partial charge in [0.15, 0.2) is 0 Å². The SMILES string of the molecule is CO[C@H]1C(n2ccc(=O)[nH]c2=O)S[C@H](CO)[C@H]1O. The van der Waals surface area contributed by atoms with Crippen LogP contribution in [0.2, 0.25) is 0 Å². The van der Waals surface area contributed by atoms with Gasteiger partial charge in [-0.05, 0) is 0 Å². The fourth-order valence-electron chi connectivity index (χ4n) is 1.98. The third-order valence-corrected chi connectivity index (χ3v) is 4.44. The third kappa shape index (κ3) is 2.24. The molecule has 0 aliphatic carbocycles. The van der Waals surface area contributed by atoms with E-state index in [2.05, 4.69) is 4.98 Å². The fourth-order valence-corrected chi connectivity index (χ4v) is 3.46. The van der Waals surface area contributed by atoms with Crippen LogP contribution in [0.5, 0.6) is 0 Å². The highest BCUT2D eigenvalue weighted by molar-refractivity contribution is 8.00. The first kappa shape index (κ1) is 13.3. The minimum Gasteiger partial charge on any atom is -0.395 e. The Morgan fingerprint density at radius 2 is 2.28 bits per heavy atom. The van der Waals surface area contributed by atoms with Crippen LogP contribution < -0.4 is 11.2 Å². The second-order valence-electron chi connectivity index (χ2n) is 3.96. The zero-order chi connectivity index (χ0) is 13.3. The average Bonchev–Trinajstić information content (AvgIpc) is 2.65. The summed E-state index contributed by atoms with van der Waals surface area (Å²) in [6, 6.07) is 1.23. The number of nitrogens with zero attached hydrogens (tertiary/aromatic N) is 1. The summed E-state index contributed by atoms with van der Waals surface area (Å²) in [7, 11) is 1.43. The molecule has 1 aromatic heterocycles. The van der Waals surface area contributed by atoms with Crippen molar-refractivity contribution < 1.29 is 14.9 Å². The molecule has 3 N–H and O–H groups in total. The lowest BCUT2D eigenvalue weighted by atomic mass is 10.1. The van der Waals surface area contributed by atoms with Gasteiger partial charge in [-0.1, -0.05) is 0 Å². The normalized spacial score (nSPS) is 31.7. The molecule has 8 heteroatoms. The van der Waals surface area contributed by atoms with Crippen molar-refractivity contribution in [1.82, 2.24) is 9.55 Å². The molecule has 0 aromatic carbocycles. The maximum atomic E-state index is 11.7. The highest BCUT2D eigenvalue weighted by atomic mass is 32.2. The monoisotopic (exact) mass is 274 g/mol. The van der Waals surface area contributed by atoms with Crippen molar-refractivity contribution in [3.8, 4) is 0 Å². The van der Waals surface area contributed by atoms with Gasteiger partial charge in [0.1, 0.15) is 11.5 Å². The van der Waals surface area contributed by atoms with Crippen molar-refractivity contribution in [1.29, 1.82) is 0 Å². The fraction of sp³-hybridized carbons (Fsp3) is 0.600. The van der Waals surface area contributed by atoms with Gasteiger partial charge >= 0.3 is 5.69 Å². The molecule has 0 amide bonds. The van der Waals surface area contributed by atoms with Gasteiger partial charge in [0.25, 0.3) is 5.56 Å². The number of rotatable bonds is 3. The highest BCUT2D eigenvalue weighted by Crippen LogP contribution is 2.42. The molecule has 0 radical (unpaired) electrons. The molecule has 7 nitrogen and oxygen atoms in total. The van der Waals surface area contributed by atoms with E-state index in [1.807, 2.05) is 0 Å². The van der Waals surface area contributed by atoms with Crippen molar-refractivity contribution in [2.45, 2.75) is 22.8 Å². The van der Waals surface area contributed by atoms with Crippen LogP contribution in [0.25, 0.3) is 0 Å². The van der Waals surface area contributed by atoms with E-state index in [4.69, 9.17) is 9.84 Å². The Morgan fingerprint density at radius 1 is 1.56 bits per heavy atom. The number of hydrogen-bond donors (Lipinski definition) is 3. The molecular weight excluding hydrogens is 260 g/mol. The summed E-state index contributed by atoms with van der Waals surface area (Å²) in [6.45, 7) is -0.208. The molecule has 1 fully saturated rings. The first-order valence-corrected chi connectivity index (χ1v) is 6.31. The third-order valence-electron chi connectivity index (χ3n) is 2.89. The smallest absolute Gasteiger partial charge is 0.329 e. The van der Waals surface area contributed by atoms with E-state index in [0.717, 1.165) is 0 Å². The standard InChI is InChI=1S/C10H14N2O5S/c1-17-8-7(15)5(4-13)18-9(8)12-3-2-6(14)11-10(12)16/h2-3,5,7-9,13,15H,4H2,1H3,(H,11,14,16)/t5-,7-,8-,9?/m1/s1. The topological polar surface area (TPSA) is 105 Å². The quantitative estimate of drug-likeness (QED) is 0.621. The molecule has 0 bridgehead atoms. The number of aromatic amines is 1. The molecule has 1 aliphatic rings. The Balaban J connectivity index is 2.38.